The highest BCUT2D eigenvalue weighted by molar-refractivity contribution is 8.34. The standard InChI is InChI=1S/C79H58N2S2/c1-8-28-58(29-9-1)59-30-24-31-60(54-59)61-32-25-34-63(55-61)80-74-53-52-64(56-72(74)79-76(80)50-27-51-77(79)83(68-41-16-5-17-42-68,69-43-18-6-19-44-69)70-45-20-7-21-46-70)81-73-48-23-22-47-71(73)78-62(33-26-49-75(78)81)57-82(65-35-10-2-11-36-65,66-37-12-3-13-38-66)67-39-14-4-15-40-67/h1-56H,57H2. The van der Waals surface area contributed by atoms with Gasteiger partial charge in [0.25, 0.3) is 0 Å². The van der Waals surface area contributed by atoms with Crippen LogP contribution in [0.4, 0.5) is 0 Å². The predicted molar refractivity (Wildman–Crippen MR) is 351 cm³/mol. The highest BCUT2D eigenvalue weighted by Crippen LogP contribution is 2.75. The molecule has 0 fully saturated rings. The molecule has 83 heavy (non-hydrogen) atoms. The van der Waals surface area contributed by atoms with Crippen LogP contribution < -0.4 is 0 Å². The summed E-state index contributed by atoms with van der Waals surface area (Å²) in [7, 11) is -3.94. The van der Waals surface area contributed by atoms with Gasteiger partial charge in [0.15, 0.2) is 0 Å². The summed E-state index contributed by atoms with van der Waals surface area (Å²) >= 11 is 0. The molecule has 0 amide bonds. The maximum absolute atomic E-state index is 2.54. The zero-order chi connectivity index (χ0) is 55.2. The molecule has 2 aromatic heterocycles. The van der Waals surface area contributed by atoms with E-state index < -0.39 is 20.1 Å². The Morgan fingerprint density at radius 3 is 1.18 bits per heavy atom. The van der Waals surface area contributed by atoms with Crippen LogP contribution in [0.1, 0.15) is 5.56 Å². The van der Waals surface area contributed by atoms with Gasteiger partial charge in [-0.25, -0.2) is 0 Å². The van der Waals surface area contributed by atoms with E-state index in [0.717, 1.165) is 28.2 Å². The first-order valence-electron chi connectivity index (χ1n) is 28.5. The predicted octanol–water partition coefficient (Wildman–Crippen LogP) is 22.0. The second-order valence-electron chi connectivity index (χ2n) is 21.2. The molecule has 13 aromatic carbocycles. The summed E-state index contributed by atoms with van der Waals surface area (Å²) in [6, 6.07) is 127. The summed E-state index contributed by atoms with van der Waals surface area (Å²) in [5.41, 5.74) is 13.0. The van der Waals surface area contributed by atoms with Crippen LogP contribution >= 0.6 is 20.1 Å². The van der Waals surface area contributed by atoms with E-state index in [2.05, 4.69) is 349 Å². The molecule has 0 N–H and O–H groups in total. The van der Waals surface area contributed by atoms with Crippen molar-refractivity contribution in [3.05, 3.63) is 345 Å². The van der Waals surface area contributed by atoms with Gasteiger partial charge in [0, 0.05) is 58.3 Å². The summed E-state index contributed by atoms with van der Waals surface area (Å²) in [6.07, 6.45) is 0. The second kappa shape index (κ2) is 21.2. The van der Waals surface area contributed by atoms with E-state index in [1.165, 1.54) is 94.7 Å². The van der Waals surface area contributed by atoms with Gasteiger partial charge in [0.05, 0.1) is 22.1 Å². The maximum atomic E-state index is 2.54. The van der Waals surface area contributed by atoms with Gasteiger partial charge in [-0.3, -0.25) is 0 Å². The normalized spacial score (nSPS) is 12.3. The van der Waals surface area contributed by atoms with Crippen LogP contribution in [-0.2, 0) is 5.75 Å². The van der Waals surface area contributed by atoms with Gasteiger partial charge in [0.2, 0.25) is 0 Å². The molecule has 0 aliphatic carbocycles. The van der Waals surface area contributed by atoms with Crippen molar-refractivity contribution >= 4 is 63.7 Å². The molecule has 0 saturated heterocycles. The minimum atomic E-state index is -2.13. The van der Waals surface area contributed by atoms with Gasteiger partial charge in [-0.1, -0.05) is 206 Å². The van der Waals surface area contributed by atoms with Crippen molar-refractivity contribution in [3.8, 4) is 33.6 Å². The lowest BCUT2D eigenvalue weighted by Gasteiger charge is -2.42. The van der Waals surface area contributed by atoms with Crippen molar-refractivity contribution < 1.29 is 0 Å². The van der Waals surface area contributed by atoms with Crippen LogP contribution in [0.25, 0.3) is 77.2 Å². The molecule has 0 bridgehead atoms. The molecule has 0 aliphatic rings. The zero-order valence-corrected chi connectivity index (χ0v) is 47.4. The van der Waals surface area contributed by atoms with Gasteiger partial charge in [-0.2, -0.15) is 10.0 Å². The smallest absolute Gasteiger partial charge is 0.0552 e. The Hall–Kier alpha value is -9.84. The number of hydrogen-bond acceptors (Lipinski definition) is 0. The Labute approximate surface area is 488 Å². The molecule has 0 aliphatic heterocycles. The van der Waals surface area contributed by atoms with Crippen LogP contribution in [-0.4, -0.2) is 9.13 Å². The molecule has 396 valence electrons. The van der Waals surface area contributed by atoms with E-state index in [9.17, 15) is 0 Å². The summed E-state index contributed by atoms with van der Waals surface area (Å²) in [5.74, 6) is 0.838. The number of fused-ring (bicyclic) bond motifs is 6. The molecule has 4 heteroatoms. The van der Waals surface area contributed by atoms with Gasteiger partial charge in [-0.15, -0.1) is 10.0 Å². The molecule has 2 nitrogen and oxygen atoms in total. The molecule has 2 heterocycles. The Morgan fingerprint density at radius 2 is 0.627 bits per heavy atom. The van der Waals surface area contributed by atoms with Gasteiger partial charge >= 0.3 is 0 Å². The Morgan fingerprint density at radius 1 is 0.241 bits per heavy atom. The average Bonchev–Trinajstić information content (AvgIpc) is 3.72. The Bertz CT molecular complexity index is 4600. The van der Waals surface area contributed by atoms with E-state index in [-0.39, 0.29) is 0 Å². The summed E-state index contributed by atoms with van der Waals surface area (Å²) in [4.78, 5) is 9.22. The van der Waals surface area contributed by atoms with Crippen LogP contribution in [0.5, 0.6) is 0 Å². The van der Waals surface area contributed by atoms with E-state index in [1.54, 1.807) is 0 Å². The number of rotatable bonds is 13. The van der Waals surface area contributed by atoms with Crippen LogP contribution in [0, 0.1) is 0 Å². The topological polar surface area (TPSA) is 9.86 Å². The number of nitrogens with zero attached hydrogens (tertiary/aromatic N) is 2. The van der Waals surface area contributed by atoms with Gasteiger partial charge in [0.1, 0.15) is 0 Å². The first kappa shape index (κ1) is 50.1. The fourth-order valence-electron chi connectivity index (χ4n) is 13.0. The highest BCUT2D eigenvalue weighted by atomic mass is 32.3. The molecule has 0 radical (unpaired) electrons. The summed E-state index contributed by atoms with van der Waals surface area (Å²) in [6.45, 7) is 0. The molecule has 15 rings (SSSR count). The minimum Gasteiger partial charge on any atom is -0.309 e. The maximum Gasteiger partial charge on any atom is 0.0552 e. The zero-order valence-electron chi connectivity index (χ0n) is 45.7. The fraction of sp³-hybridized carbons (Fsp3) is 0.0127. The molecular weight excluding hydrogens is 1040 g/mol. The number of para-hydroxylation sites is 1. The number of aromatic nitrogens is 2. The quantitative estimate of drug-likeness (QED) is 0.109. The Balaban J connectivity index is 1.01. The summed E-state index contributed by atoms with van der Waals surface area (Å²) in [5, 5.41) is 4.99. The molecule has 0 unspecified atom stereocenters. The third-order valence-electron chi connectivity index (χ3n) is 16.6. The first-order valence-corrected chi connectivity index (χ1v) is 31.9. The number of hydrogen-bond donors (Lipinski definition) is 0. The van der Waals surface area contributed by atoms with Crippen LogP contribution in [0.15, 0.2) is 374 Å². The van der Waals surface area contributed by atoms with Crippen LogP contribution in [0.2, 0.25) is 0 Å². The van der Waals surface area contributed by atoms with Crippen molar-refractivity contribution in [2.24, 2.45) is 0 Å². The average molecular weight is 1100 g/mol. The lowest BCUT2D eigenvalue weighted by Crippen LogP contribution is -2.07. The lowest BCUT2D eigenvalue weighted by molar-refractivity contribution is 1.16. The molecule has 0 spiro atoms. The SMILES string of the molecule is c1ccc(-c2cccc(-c3cccc(-n4c5ccc(-n6c7ccccc7c7c(CS(c8ccccc8)(c8ccccc8)c8ccccc8)cccc76)cc5c5c(S(c6ccccc6)(c6ccccc6)c6ccccc6)cccc54)c3)c2)cc1. The van der Waals surface area contributed by atoms with Crippen LogP contribution in [0.3, 0.4) is 0 Å². The lowest BCUT2D eigenvalue weighted by atomic mass is 9.99. The van der Waals surface area contributed by atoms with Crippen molar-refractivity contribution in [2.75, 3.05) is 0 Å². The molecule has 0 saturated carbocycles. The molecule has 0 atom stereocenters. The van der Waals surface area contributed by atoms with Crippen molar-refractivity contribution in [1.82, 2.24) is 9.13 Å². The third-order valence-corrected chi connectivity index (χ3v) is 24.5. The third kappa shape index (κ3) is 8.44. The van der Waals surface area contributed by atoms with Crippen molar-refractivity contribution in [1.29, 1.82) is 0 Å². The fourth-order valence-corrected chi connectivity index (χ4v) is 21.0. The van der Waals surface area contributed by atoms with E-state index >= 15 is 0 Å². The van der Waals surface area contributed by atoms with Crippen molar-refractivity contribution in [3.63, 3.8) is 0 Å². The van der Waals surface area contributed by atoms with E-state index in [1.807, 2.05) is 0 Å². The van der Waals surface area contributed by atoms with Gasteiger partial charge in [-0.05, 0) is 176 Å². The highest BCUT2D eigenvalue weighted by Gasteiger charge is 2.37. The molecule has 15 aromatic rings. The van der Waals surface area contributed by atoms with Crippen molar-refractivity contribution in [2.45, 2.75) is 40.0 Å². The number of benzene rings is 13. The van der Waals surface area contributed by atoms with Gasteiger partial charge < -0.3 is 9.13 Å². The second-order valence-corrected chi connectivity index (χ2v) is 27.5. The molecular formula is C79H58N2S2. The Kier molecular flexibility index (Phi) is 12.8. The minimum absolute atomic E-state index is 0.838. The van der Waals surface area contributed by atoms with E-state index in [4.69, 9.17) is 0 Å². The van der Waals surface area contributed by atoms with E-state index in [0.29, 0.717) is 0 Å². The first-order chi connectivity index (χ1) is 41.2. The summed E-state index contributed by atoms with van der Waals surface area (Å²) < 4.78 is 5.06. The largest absolute Gasteiger partial charge is 0.309 e. The monoisotopic (exact) mass is 1100 g/mol.